The van der Waals surface area contributed by atoms with Crippen LogP contribution < -0.4 is 0 Å². The number of carbonyl (C=O) groups is 2. The van der Waals surface area contributed by atoms with E-state index in [-0.39, 0.29) is 5.56 Å². The zero-order valence-corrected chi connectivity index (χ0v) is 8.91. The van der Waals surface area contributed by atoms with Crippen molar-refractivity contribution in [1.82, 2.24) is 9.97 Å². The standard InChI is InChI=1S/C9H5BrN2O3/c10-5-1-4(8(13)9(14)15)2-6-7(5)12-3-11-6/h1-3H,(H,11,12)(H,14,15). The van der Waals surface area contributed by atoms with E-state index in [1.54, 1.807) is 0 Å². The monoisotopic (exact) mass is 268 g/mol. The first-order chi connectivity index (χ1) is 7.09. The van der Waals surface area contributed by atoms with Crippen LogP contribution in [0.15, 0.2) is 22.9 Å². The molecule has 0 aliphatic carbocycles. The van der Waals surface area contributed by atoms with E-state index in [4.69, 9.17) is 5.11 Å². The number of carboxylic acids is 1. The molecule has 1 heterocycles. The third-order valence-corrected chi connectivity index (χ3v) is 2.54. The van der Waals surface area contributed by atoms with Crippen molar-refractivity contribution in [2.75, 3.05) is 0 Å². The summed E-state index contributed by atoms with van der Waals surface area (Å²) in [5.74, 6) is -2.41. The van der Waals surface area contributed by atoms with Crippen LogP contribution in [0.3, 0.4) is 0 Å². The maximum atomic E-state index is 11.2. The highest BCUT2D eigenvalue weighted by Crippen LogP contribution is 2.23. The third-order valence-electron chi connectivity index (χ3n) is 1.93. The second-order valence-corrected chi connectivity index (χ2v) is 3.75. The van der Waals surface area contributed by atoms with E-state index >= 15 is 0 Å². The first kappa shape index (κ1) is 9.85. The second kappa shape index (κ2) is 3.47. The molecule has 0 fully saturated rings. The number of hydrogen-bond donors (Lipinski definition) is 2. The summed E-state index contributed by atoms with van der Waals surface area (Å²) in [7, 11) is 0. The van der Waals surface area contributed by atoms with Gasteiger partial charge in [-0.1, -0.05) is 0 Å². The van der Waals surface area contributed by atoms with Crippen LogP contribution in [0, 0.1) is 0 Å². The molecule has 76 valence electrons. The Bertz CT molecular complexity index is 561. The van der Waals surface area contributed by atoms with Crippen LogP contribution in [-0.4, -0.2) is 26.8 Å². The van der Waals surface area contributed by atoms with Gasteiger partial charge in [0.2, 0.25) is 0 Å². The fraction of sp³-hybridized carbons (Fsp3) is 0. The topological polar surface area (TPSA) is 83.0 Å². The highest BCUT2D eigenvalue weighted by molar-refractivity contribution is 9.10. The molecule has 0 aliphatic heterocycles. The van der Waals surface area contributed by atoms with Gasteiger partial charge >= 0.3 is 5.97 Å². The van der Waals surface area contributed by atoms with Crippen molar-refractivity contribution >= 4 is 38.7 Å². The van der Waals surface area contributed by atoms with Gasteiger partial charge in [0.25, 0.3) is 5.78 Å². The lowest BCUT2D eigenvalue weighted by atomic mass is 10.1. The Morgan fingerprint density at radius 3 is 2.80 bits per heavy atom. The van der Waals surface area contributed by atoms with E-state index in [1.807, 2.05) is 0 Å². The van der Waals surface area contributed by atoms with Crippen LogP contribution in [0.2, 0.25) is 0 Å². The molecule has 2 aromatic rings. The summed E-state index contributed by atoms with van der Waals surface area (Å²) in [5.41, 5.74) is 1.40. The van der Waals surface area contributed by atoms with Gasteiger partial charge in [0.15, 0.2) is 0 Å². The number of benzene rings is 1. The molecule has 0 unspecified atom stereocenters. The average molecular weight is 269 g/mol. The summed E-state index contributed by atoms with van der Waals surface area (Å²) in [6.45, 7) is 0. The van der Waals surface area contributed by atoms with Gasteiger partial charge in [-0.15, -0.1) is 0 Å². The minimum atomic E-state index is -1.47. The lowest BCUT2D eigenvalue weighted by Crippen LogP contribution is -2.12. The number of halogens is 1. The summed E-state index contributed by atoms with van der Waals surface area (Å²) < 4.78 is 0.589. The Labute approximate surface area is 92.3 Å². The maximum absolute atomic E-state index is 11.2. The van der Waals surface area contributed by atoms with Crippen LogP contribution >= 0.6 is 15.9 Å². The van der Waals surface area contributed by atoms with E-state index in [0.717, 1.165) is 0 Å². The number of fused-ring (bicyclic) bond motifs is 1. The molecule has 1 aromatic carbocycles. The number of nitrogens with zero attached hydrogens (tertiary/aromatic N) is 1. The van der Waals surface area contributed by atoms with Crippen molar-refractivity contribution in [3.8, 4) is 0 Å². The smallest absolute Gasteiger partial charge is 0.377 e. The molecule has 0 atom stereocenters. The Morgan fingerprint density at radius 2 is 2.13 bits per heavy atom. The molecule has 2 N–H and O–H groups in total. The predicted molar refractivity (Wildman–Crippen MR) is 55.8 cm³/mol. The number of hydrogen-bond acceptors (Lipinski definition) is 3. The van der Waals surface area contributed by atoms with Crippen LogP contribution in [0.25, 0.3) is 11.0 Å². The van der Waals surface area contributed by atoms with Crippen molar-refractivity contribution < 1.29 is 14.7 Å². The number of aromatic amines is 1. The molecule has 0 radical (unpaired) electrons. The molecule has 5 nitrogen and oxygen atoms in total. The normalized spacial score (nSPS) is 10.5. The number of H-pyrrole nitrogens is 1. The van der Waals surface area contributed by atoms with Crippen molar-refractivity contribution in [2.45, 2.75) is 0 Å². The Hall–Kier alpha value is -1.69. The molecule has 6 heteroatoms. The lowest BCUT2D eigenvalue weighted by Gasteiger charge is -1.98. The van der Waals surface area contributed by atoms with Crippen LogP contribution in [0.4, 0.5) is 0 Å². The van der Waals surface area contributed by atoms with Crippen molar-refractivity contribution in [2.24, 2.45) is 0 Å². The van der Waals surface area contributed by atoms with E-state index in [1.165, 1.54) is 18.5 Å². The first-order valence-electron chi connectivity index (χ1n) is 4.00. The molecule has 0 saturated carbocycles. The Kier molecular flexibility index (Phi) is 2.28. The molecule has 0 bridgehead atoms. The fourth-order valence-electron chi connectivity index (χ4n) is 1.26. The van der Waals surface area contributed by atoms with Crippen molar-refractivity contribution in [1.29, 1.82) is 0 Å². The number of ketones is 1. The van der Waals surface area contributed by atoms with Gasteiger partial charge < -0.3 is 10.1 Å². The Balaban J connectivity index is 2.63. The number of Topliss-reactive ketones (excluding diaryl/α,β-unsaturated/α-hetero) is 1. The molecule has 15 heavy (non-hydrogen) atoms. The zero-order valence-electron chi connectivity index (χ0n) is 7.32. The van der Waals surface area contributed by atoms with E-state index in [2.05, 4.69) is 25.9 Å². The SMILES string of the molecule is O=C(O)C(=O)c1cc(Br)c2nc[nH]c2c1. The van der Waals surface area contributed by atoms with Gasteiger partial charge in [-0.3, -0.25) is 4.79 Å². The van der Waals surface area contributed by atoms with Crippen LogP contribution in [0.1, 0.15) is 10.4 Å². The number of aromatic nitrogens is 2. The quantitative estimate of drug-likeness (QED) is 0.640. The van der Waals surface area contributed by atoms with Crippen LogP contribution in [-0.2, 0) is 4.79 Å². The molecule has 1 aromatic heterocycles. The molecule has 0 spiro atoms. The van der Waals surface area contributed by atoms with Gasteiger partial charge in [-0.25, -0.2) is 9.78 Å². The molecular weight excluding hydrogens is 264 g/mol. The minimum absolute atomic E-state index is 0.117. The van der Waals surface area contributed by atoms with Gasteiger partial charge in [-0.2, -0.15) is 0 Å². The van der Waals surface area contributed by atoms with E-state index in [9.17, 15) is 9.59 Å². The van der Waals surface area contributed by atoms with Gasteiger partial charge in [-0.05, 0) is 28.1 Å². The summed E-state index contributed by atoms with van der Waals surface area (Å²) in [5, 5.41) is 8.56. The van der Waals surface area contributed by atoms with E-state index in [0.29, 0.717) is 15.5 Å². The van der Waals surface area contributed by atoms with Crippen molar-refractivity contribution in [3.05, 3.63) is 28.5 Å². The largest absolute Gasteiger partial charge is 0.475 e. The first-order valence-corrected chi connectivity index (χ1v) is 4.79. The minimum Gasteiger partial charge on any atom is -0.475 e. The number of carboxylic acid groups (broad SMARTS) is 1. The number of aliphatic carboxylic acids is 1. The number of carbonyl (C=O) groups excluding carboxylic acids is 1. The highest BCUT2D eigenvalue weighted by atomic mass is 79.9. The van der Waals surface area contributed by atoms with Gasteiger partial charge in [0.05, 0.1) is 11.8 Å². The average Bonchev–Trinajstić information content (AvgIpc) is 2.64. The second-order valence-electron chi connectivity index (χ2n) is 2.89. The number of rotatable bonds is 2. The van der Waals surface area contributed by atoms with Gasteiger partial charge in [0.1, 0.15) is 5.52 Å². The molecular formula is C9H5BrN2O3. The highest BCUT2D eigenvalue weighted by Gasteiger charge is 2.16. The maximum Gasteiger partial charge on any atom is 0.377 e. The summed E-state index contributed by atoms with van der Waals surface area (Å²) in [6, 6.07) is 2.91. The number of imidazole rings is 1. The van der Waals surface area contributed by atoms with Crippen LogP contribution in [0.5, 0.6) is 0 Å². The van der Waals surface area contributed by atoms with E-state index < -0.39 is 11.8 Å². The molecule has 2 rings (SSSR count). The third kappa shape index (κ3) is 1.63. The molecule has 0 amide bonds. The van der Waals surface area contributed by atoms with Crippen molar-refractivity contribution in [3.63, 3.8) is 0 Å². The Morgan fingerprint density at radius 1 is 1.40 bits per heavy atom. The molecule has 0 aliphatic rings. The van der Waals surface area contributed by atoms with Gasteiger partial charge in [0, 0.05) is 10.0 Å². The predicted octanol–water partition coefficient (Wildman–Crippen LogP) is 1.59. The summed E-state index contributed by atoms with van der Waals surface area (Å²) in [6.07, 6.45) is 1.48. The molecule has 0 saturated heterocycles. The number of nitrogens with one attached hydrogen (secondary N) is 1. The fourth-order valence-corrected chi connectivity index (χ4v) is 1.82. The zero-order chi connectivity index (χ0) is 11.0. The summed E-state index contributed by atoms with van der Waals surface area (Å²) in [4.78, 5) is 28.5. The summed E-state index contributed by atoms with van der Waals surface area (Å²) >= 11 is 3.22. The lowest BCUT2D eigenvalue weighted by molar-refractivity contribution is -0.131.